The Balaban J connectivity index is 1.47. The molecule has 2 aromatic heterocycles. The van der Waals surface area contributed by atoms with E-state index < -0.39 is 0 Å². The number of aryl methyl sites for hydroxylation is 1. The first-order valence-corrected chi connectivity index (χ1v) is 9.21. The van der Waals surface area contributed by atoms with Crippen LogP contribution in [0.25, 0.3) is 5.65 Å². The van der Waals surface area contributed by atoms with E-state index in [-0.39, 0.29) is 35.9 Å². The summed E-state index contributed by atoms with van der Waals surface area (Å²) in [6.45, 7) is 1.87. The highest BCUT2D eigenvalue weighted by Crippen LogP contribution is 2.40. The van der Waals surface area contributed by atoms with E-state index >= 15 is 0 Å². The number of pyridine rings is 1. The Morgan fingerprint density at radius 3 is 2.73 bits per heavy atom. The van der Waals surface area contributed by atoms with Crippen molar-refractivity contribution < 1.29 is 14.3 Å². The number of esters is 1. The molecule has 2 aliphatic rings. The van der Waals surface area contributed by atoms with Crippen molar-refractivity contribution in [3.63, 3.8) is 0 Å². The number of carbonyl (C=O) groups is 2. The molecule has 6 nitrogen and oxygen atoms in total. The molecule has 0 saturated heterocycles. The molecule has 0 amide bonds. The van der Waals surface area contributed by atoms with E-state index in [0.29, 0.717) is 30.0 Å². The van der Waals surface area contributed by atoms with E-state index in [9.17, 15) is 14.4 Å². The Bertz CT molecular complexity index is 917. The third kappa shape index (κ3) is 3.04. The average Bonchev–Trinajstić information content (AvgIpc) is 2.60. The van der Waals surface area contributed by atoms with Crippen LogP contribution in [0.15, 0.2) is 29.2 Å². The van der Waals surface area contributed by atoms with Crippen LogP contribution in [-0.4, -0.2) is 21.1 Å². The SMILES string of the molecule is Cc1cccn2c(=O)cc(COC(=O)C3C[C@H]4CCC[C@@H](C3)C4=O)nc12. The zero-order chi connectivity index (χ0) is 18.3. The number of ketones is 1. The van der Waals surface area contributed by atoms with Crippen LogP contribution in [0.5, 0.6) is 0 Å². The molecule has 0 radical (unpaired) electrons. The third-order valence-electron chi connectivity index (χ3n) is 5.68. The van der Waals surface area contributed by atoms with Crippen molar-refractivity contribution in [2.75, 3.05) is 0 Å². The van der Waals surface area contributed by atoms with Crippen LogP contribution >= 0.6 is 0 Å². The topological polar surface area (TPSA) is 77.7 Å². The minimum atomic E-state index is -0.277. The van der Waals surface area contributed by atoms with Gasteiger partial charge in [0.1, 0.15) is 18.0 Å². The Labute approximate surface area is 151 Å². The minimum Gasteiger partial charge on any atom is -0.459 e. The first-order chi connectivity index (χ1) is 12.5. The summed E-state index contributed by atoms with van der Waals surface area (Å²) in [5.41, 5.74) is 1.72. The Morgan fingerprint density at radius 2 is 2.00 bits per heavy atom. The number of carbonyl (C=O) groups excluding carboxylic acids is 2. The van der Waals surface area contributed by atoms with E-state index in [1.54, 1.807) is 12.3 Å². The van der Waals surface area contributed by atoms with Crippen LogP contribution in [0.1, 0.15) is 43.4 Å². The normalized spacial score (nSPS) is 25.3. The molecule has 26 heavy (non-hydrogen) atoms. The molecule has 4 rings (SSSR count). The fourth-order valence-electron chi connectivity index (χ4n) is 4.32. The number of aromatic nitrogens is 2. The van der Waals surface area contributed by atoms with E-state index in [1.165, 1.54) is 10.5 Å². The summed E-state index contributed by atoms with van der Waals surface area (Å²) < 4.78 is 6.93. The Hall–Kier alpha value is -2.50. The number of hydrogen-bond acceptors (Lipinski definition) is 5. The largest absolute Gasteiger partial charge is 0.459 e. The second-order valence-electron chi connectivity index (χ2n) is 7.47. The maximum Gasteiger partial charge on any atom is 0.309 e. The zero-order valence-corrected chi connectivity index (χ0v) is 14.8. The van der Waals surface area contributed by atoms with Gasteiger partial charge in [-0.2, -0.15) is 0 Å². The van der Waals surface area contributed by atoms with Crippen LogP contribution in [0.3, 0.4) is 0 Å². The lowest BCUT2D eigenvalue weighted by atomic mass is 9.67. The number of ether oxygens (including phenoxy) is 1. The van der Waals surface area contributed by atoms with Gasteiger partial charge in [0.15, 0.2) is 0 Å². The van der Waals surface area contributed by atoms with Gasteiger partial charge >= 0.3 is 5.97 Å². The molecule has 3 atom stereocenters. The molecule has 1 unspecified atom stereocenters. The van der Waals surface area contributed by atoms with Crippen LogP contribution < -0.4 is 5.56 Å². The third-order valence-corrected chi connectivity index (χ3v) is 5.68. The first kappa shape index (κ1) is 16.9. The van der Waals surface area contributed by atoms with Crippen molar-refractivity contribution in [1.29, 1.82) is 0 Å². The lowest BCUT2D eigenvalue weighted by Gasteiger charge is -2.36. The summed E-state index contributed by atoms with van der Waals surface area (Å²) in [7, 11) is 0. The van der Waals surface area contributed by atoms with Gasteiger partial charge < -0.3 is 4.74 Å². The Morgan fingerprint density at radius 1 is 1.27 bits per heavy atom. The van der Waals surface area contributed by atoms with Gasteiger partial charge in [0.25, 0.3) is 5.56 Å². The second kappa shape index (κ2) is 6.67. The number of rotatable bonds is 3. The minimum absolute atomic E-state index is 0.0152. The molecular weight excluding hydrogens is 332 g/mol. The molecular formula is C20H22N2O4. The highest BCUT2D eigenvalue weighted by atomic mass is 16.5. The number of nitrogens with zero attached hydrogens (tertiary/aromatic N) is 2. The van der Waals surface area contributed by atoms with Crippen molar-refractivity contribution in [3.8, 4) is 0 Å². The molecule has 2 aliphatic carbocycles. The molecule has 2 aromatic rings. The van der Waals surface area contributed by atoms with E-state index in [4.69, 9.17) is 4.74 Å². The molecule has 6 heteroatoms. The van der Waals surface area contributed by atoms with E-state index in [1.807, 2.05) is 13.0 Å². The van der Waals surface area contributed by atoms with Gasteiger partial charge in [0.05, 0.1) is 11.6 Å². The lowest BCUT2D eigenvalue weighted by molar-refractivity contribution is -0.154. The maximum atomic E-state index is 12.5. The fraction of sp³-hybridized carbons (Fsp3) is 0.500. The predicted octanol–water partition coefficient (Wildman–Crippen LogP) is 2.44. The highest BCUT2D eigenvalue weighted by molar-refractivity contribution is 5.87. The summed E-state index contributed by atoms with van der Waals surface area (Å²) in [6, 6.07) is 5.08. The predicted molar refractivity (Wildman–Crippen MR) is 94.6 cm³/mol. The summed E-state index contributed by atoms with van der Waals surface area (Å²) >= 11 is 0. The summed E-state index contributed by atoms with van der Waals surface area (Å²) in [6.07, 6.45) is 5.73. The van der Waals surface area contributed by atoms with E-state index in [2.05, 4.69) is 4.98 Å². The zero-order valence-electron chi connectivity index (χ0n) is 14.8. The van der Waals surface area contributed by atoms with Crippen molar-refractivity contribution in [2.24, 2.45) is 17.8 Å². The standard InChI is InChI=1S/C20H22N2O4/c1-12-4-3-7-22-17(23)10-16(21-19(12)22)11-26-20(25)15-8-13-5-2-6-14(9-15)18(13)24/h3-4,7,10,13-15H,2,5-6,8-9,11H2,1H3/t13-,14+,15?. The monoisotopic (exact) mass is 354 g/mol. The van der Waals surface area contributed by atoms with Gasteiger partial charge in [-0.25, -0.2) is 4.98 Å². The van der Waals surface area contributed by atoms with Crippen LogP contribution in [0.2, 0.25) is 0 Å². The van der Waals surface area contributed by atoms with Crippen molar-refractivity contribution >= 4 is 17.4 Å². The van der Waals surface area contributed by atoms with Crippen LogP contribution in [0, 0.1) is 24.7 Å². The second-order valence-corrected chi connectivity index (χ2v) is 7.47. The van der Waals surface area contributed by atoms with Crippen molar-refractivity contribution in [3.05, 3.63) is 46.0 Å². The molecule has 0 aromatic carbocycles. The fourth-order valence-corrected chi connectivity index (χ4v) is 4.32. The quantitative estimate of drug-likeness (QED) is 0.791. The van der Waals surface area contributed by atoms with Gasteiger partial charge in [-0.1, -0.05) is 12.5 Å². The maximum absolute atomic E-state index is 12.5. The highest BCUT2D eigenvalue weighted by Gasteiger charge is 2.41. The number of fused-ring (bicyclic) bond motifs is 3. The molecule has 0 aliphatic heterocycles. The summed E-state index contributed by atoms with van der Waals surface area (Å²) in [5, 5.41) is 0. The molecule has 0 spiro atoms. The van der Waals surface area contributed by atoms with Gasteiger partial charge in [0, 0.05) is 24.1 Å². The Kier molecular flexibility index (Phi) is 4.34. The van der Waals surface area contributed by atoms with Crippen LogP contribution in [-0.2, 0) is 20.9 Å². The first-order valence-electron chi connectivity index (χ1n) is 9.21. The summed E-state index contributed by atoms with van der Waals surface area (Å²) in [4.78, 5) is 41.3. The molecule has 2 saturated carbocycles. The van der Waals surface area contributed by atoms with Crippen molar-refractivity contribution in [1.82, 2.24) is 9.38 Å². The van der Waals surface area contributed by atoms with E-state index in [0.717, 1.165) is 24.8 Å². The van der Waals surface area contributed by atoms with Gasteiger partial charge in [0.2, 0.25) is 0 Å². The molecule has 0 N–H and O–H groups in total. The molecule has 2 heterocycles. The molecule has 2 fully saturated rings. The van der Waals surface area contributed by atoms with Gasteiger partial charge in [-0.05, 0) is 44.2 Å². The molecule has 2 bridgehead atoms. The summed E-state index contributed by atoms with van der Waals surface area (Å²) in [5.74, 6) is -0.121. The number of Topliss-reactive ketones (excluding diaryl/α,β-unsaturated/α-hetero) is 1. The number of hydrogen-bond donors (Lipinski definition) is 0. The lowest BCUT2D eigenvalue weighted by Crippen LogP contribution is -2.39. The van der Waals surface area contributed by atoms with Gasteiger partial charge in [-0.3, -0.25) is 18.8 Å². The smallest absolute Gasteiger partial charge is 0.309 e. The molecule has 136 valence electrons. The van der Waals surface area contributed by atoms with Crippen molar-refractivity contribution in [2.45, 2.75) is 45.6 Å². The van der Waals surface area contributed by atoms with Gasteiger partial charge in [-0.15, -0.1) is 0 Å². The average molecular weight is 354 g/mol. The van der Waals surface area contributed by atoms with Crippen LogP contribution in [0.4, 0.5) is 0 Å².